The summed E-state index contributed by atoms with van der Waals surface area (Å²) in [4.78, 5) is 0. The van der Waals surface area contributed by atoms with Crippen molar-refractivity contribution in [2.24, 2.45) is 5.10 Å². The molecule has 182 valence electrons. The quantitative estimate of drug-likeness (QED) is 0.169. The normalized spacial score (nSPS) is 11.3. The fourth-order valence-corrected chi connectivity index (χ4v) is 4.06. The van der Waals surface area contributed by atoms with E-state index >= 15 is 0 Å². The van der Waals surface area contributed by atoms with Gasteiger partial charge >= 0.3 is 0 Å². The fraction of sp³-hybridized carbons (Fsp3) is 0.115. The Kier molecular flexibility index (Phi) is 6.88. The van der Waals surface area contributed by atoms with Crippen molar-refractivity contribution in [1.29, 1.82) is 0 Å². The van der Waals surface area contributed by atoms with Crippen molar-refractivity contribution in [1.82, 2.24) is 14.9 Å². The number of nitrogens with zero attached hydrogens (tertiary/aromatic N) is 3. The molecule has 8 nitrogen and oxygen atoms in total. The van der Waals surface area contributed by atoms with Crippen LogP contribution in [0.1, 0.15) is 11.1 Å². The van der Waals surface area contributed by atoms with Gasteiger partial charge in [0.1, 0.15) is 6.61 Å². The first-order chi connectivity index (χ1) is 17.6. The third kappa shape index (κ3) is 4.91. The van der Waals surface area contributed by atoms with Gasteiger partial charge in [-0.25, -0.2) is 5.10 Å². The average Bonchev–Trinajstić information content (AvgIpc) is 3.50. The fourth-order valence-electron chi connectivity index (χ4n) is 3.62. The van der Waals surface area contributed by atoms with E-state index in [4.69, 9.17) is 30.8 Å². The zero-order chi connectivity index (χ0) is 25.1. The summed E-state index contributed by atoms with van der Waals surface area (Å²) in [6.07, 6.45) is 1.67. The zero-order valence-electron chi connectivity index (χ0n) is 19.4. The van der Waals surface area contributed by atoms with Crippen molar-refractivity contribution < 1.29 is 18.6 Å². The molecule has 3 aromatic carbocycles. The average molecular weight is 565 g/mol. The summed E-state index contributed by atoms with van der Waals surface area (Å²) < 4.78 is 25.8. The van der Waals surface area contributed by atoms with E-state index < -0.39 is 0 Å². The highest BCUT2D eigenvalue weighted by molar-refractivity contribution is 9.10. The number of ether oxygens (including phenoxy) is 3. The summed E-state index contributed by atoms with van der Waals surface area (Å²) in [5.41, 5.74) is 2.47. The Labute approximate surface area is 220 Å². The van der Waals surface area contributed by atoms with E-state index in [9.17, 15) is 0 Å². The lowest BCUT2D eigenvalue weighted by atomic mass is 10.2. The third-order valence-electron chi connectivity index (χ3n) is 5.42. The Morgan fingerprint density at radius 3 is 2.61 bits per heavy atom. The van der Waals surface area contributed by atoms with Gasteiger partial charge in [-0.2, -0.15) is 9.78 Å². The van der Waals surface area contributed by atoms with Crippen LogP contribution in [-0.4, -0.2) is 35.3 Å². The predicted molar refractivity (Wildman–Crippen MR) is 144 cm³/mol. The van der Waals surface area contributed by atoms with Crippen LogP contribution in [0.15, 0.2) is 80.7 Å². The van der Waals surface area contributed by atoms with E-state index in [1.807, 2.05) is 66.7 Å². The molecule has 0 radical (unpaired) electrons. The maximum atomic E-state index is 6.02. The van der Waals surface area contributed by atoms with Gasteiger partial charge in [-0.15, -0.1) is 5.10 Å². The molecule has 0 aliphatic rings. The van der Waals surface area contributed by atoms with Gasteiger partial charge in [-0.05, 0) is 65.8 Å². The molecule has 0 spiro atoms. The van der Waals surface area contributed by atoms with E-state index in [-0.39, 0.29) is 0 Å². The number of aromatic amines is 1. The number of methoxy groups -OCH3 is 2. The van der Waals surface area contributed by atoms with Crippen LogP contribution in [0.25, 0.3) is 22.6 Å². The lowest BCUT2D eigenvalue weighted by Crippen LogP contribution is -1.99. The molecule has 0 bridgehead atoms. The van der Waals surface area contributed by atoms with Crippen LogP contribution in [-0.2, 0) is 6.61 Å². The standard InChI is InChI=1S/C26H21BrN4O4S/c1-32-21-5-3-4-18-13-23(35-24(18)21)25-29-30-26(36)31(25)28-14-17-8-11-20(22(12-17)33-2)34-15-16-6-9-19(27)10-7-16/h3-14H,15H2,1-2H3,(H,30,36). The van der Waals surface area contributed by atoms with Crippen LogP contribution in [0.3, 0.4) is 0 Å². The highest BCUT2D eigenvalue weighted by Crippen LogP contribution is 2.33. The summed E-state index contributed by atoms with van der Waals surface area (Å²) in [5, 5.41) is 12.5. The number of hydrogen-bond acceptors (Lipinski definition) is 7. The van der Waals surface area contributed by atoms with Crippen molar-refractivity contribution in [3.05, 3.63) is 87.1 Å². The molecule has 10 heteroatoms. The van der Waals surface area contributed by atoms with Gasteiger partial charge in [0.25, 0.3) is 0 Å². The molecule has 0 aliphatic carbocycles. The smallest absolute Gasteiger partial charge is 0.219 e. The molecular weight excluding hydrogens is 544 g/mol. The molecule has 0 fully saturated rings. The minimum Gasteiger partial charge on any atom is -0.493 e. The number of nitrogens with one attached hydrogen (secondary N) is 1. The van der Waals surface area contributed by atoms with E-state index in [0.29, 0.717) is 45.8 Å². The molecule has 5 rings (SSSR count). The second-order valence-electron chi connectivity index (χ2n) is 7.72. The van der Waals surface area contributed by atoms with E-state index in [0.717, 1.165) is 21.0 Å². The minimum atomic E-state index is 0.329. The number of rotatable bonds is 8. The minimum absolute atomic E-state index is 0.329. The molecular formula is C26H21BrN4O4S. The molecule has 0 atom stereocenters. The number of furan rings is 1. The number of halogens is 1. The van der Waals surface area contributed by atoms with Crippen molar-refractivity contribution in [2.45, 2.75) is 6.61 Å². The zero-order valence-corrected chi connectivity index (χ0v) is 21.8. The first-order valence-electron chi connectivity index (χ1n) is 10.9. The predicted octanol–water partition coefficient (Wildman–Crippen LogP) is 6.59. The van der Waals surface area contributed by atoms with Gasteiger partial charge in [-0.1, -0.05) is 40.2 Å². The number of H-pyrrole nitrogens is 1. The SMILES string of the molecule is COc1cc(C=Nn2c(-c3cc4cccc(OC)c4o3)n[nH]c2=S)ccc1OCc1ccc(Br)cc1. The molecule has 0 unspecified atom stereocenters. The Bertz CT molecular complexity index is 1600. The number of hydrogen-bond donors (Lipinski definition) is 1. The number of benzene rings is 3. The molecule has 0 amide bonds. The molecule has 36 heavy (non-hydrogen) atoms. The molecule has 0 aliphatic heterocycles. The van der Waals surface area contributed by atoms with E-state index in [1.165, 1.54) is 4.68 Å². The van der Waals surface area contributed by atoms with Crippen LogP contribution >= 0.6 is 28.1 Å². The summed E-state index contributed by atoms with van der Waals surface area (Å²) in [6.45, 7) is 0.424. The number of para-hydroxylation sites is 1. The maximum Gasteiger partial charge on any atom is 0.219 e. The van der Waals surface area contributed by atoms with Crippen LogP contribution in [0, 0.1) is 4.77 Å². The summed E-state index contributed by atoms with van der Waals surface area (Å²) in [5.74, 6) is 2.81. The summed E-state index contributed by atoms with van der Waals surface area (Å²) in [6, 6.07) is 21.1. The van der Waals surface area contributed by atoms with Crippen molar-refractivity contribution in [3.63, 3.8) is 0 Å². The lowest BCUT2D eigenvalue weighted by molar-refractivity contribution is 0.284. The van der Waals surface area contributed by atoms with E-state index in [2.05, 4.69) is 31.2 Å². The van der Waals surface area contributed by atoms with Crippen LogP contribution in [0.4, 0.5) is 0 Å². The monoisotopic (exact) mass is 564 g/mol. The molecule has 2 aromatic heterocycles. The highest BCUT2D eigenvalue weighted by atomic mass is 79.9. The van der Waals surface area contributed by atoms with Gasteiger partial charge in [0.2, 0.25) is 10.6 Å². The summed E-state index contributed by atoms with van der Waals surface area (Å²) in [7, 11) is 3.20. The molecule has 1 N–H and O–H groups in total. The molecule has 5 aromatic rings. The Balaban J connectivity index is 1.39. The van der Waals surface area contributed by atoms with Crippen molar-refractivity contribution >= 4 is 45.3 Å². The van der Waals surface area contributed by atoms with Gasteiger partial charge < -0.3 is 18.6 Å². The highest BCUT2D eigenvalue weighted by Gasteiger charge is 2.16. The van der Waals surface area contributed by atoms with Crippen molar-refractivity contribution in [3.8, 4) is 28.8 Å². The summed E-state index contributed by atoms with van der Waals surface area (Å²) >= 11 is 8.83. The van der Waals surface area contributed by atoms with Gasteiger partial charge in [0.05, 0.1) is 20.4 Å². The van der Waals surface area contributed by atoms with Crippen LogP contribution < -0.4 is 14.2 Å². The van der Waals surface area contributed by atoms with Gasteiger partial charge in [-0.3, -0.25) is 0 Å². The Morgan fingerprint density at radius 2 is 1.83 bits per heavy atom. The maximum absolute atomic E-state index is 6.02. The first-order valence-corrected chi connectivity index (χ1v) is 12.1. The Hall–Kier alpha value is -3.89. The third-order valence-corrected chi connectivity index (χ3v) is 6.21. The largest absolute Gasteiger partial charge is 0.493 e. The Morgan fingerprint density at radius 1 is 1.03 bits per heavy atom. The molecule has 2 heterocycles. The van der Waals surface area contributed by atoms with Gasteiger partial charge in [0, 0.05) is 9.86 Å². The number of aromatic nitrogens is 3. The lowest BCUT2D eigenvalue weighted by Gasteiger charge is -2.11. The number of fused-ring (bicyclic) bond motifs is 1. The second-order valence-corrected chi connectivity index (χ2v) is 9.03. The molecule has 0 saturated carbocycles. The second kappa shape index (κ2) is 10.4. The van der Waals surface area contributed by atoms with Crippen LogP contribution in [0.2, 0.25) is 0 Å². The first kappa shape index (κ1) is 23.8. The molecule has 0 saturated heterocycles. The van der Waals surface area contributed by atoms with Crippen LogP contribution in [0.5, 0.6) is 17.2 Å². The van der Waals surface area contributed by atoms with Crippen molar-refractivity contribution in [2.75, 3.05) is 14.2 Å². The topological polar surface area (TPSA) is 86.8 Å². The van der Waals surface area contributed by atoms with E-state index in [1.54, 1.807) is 20.4 Å². The van der Waals surface area contributed by atoms with Gasteiger partial charge in [0.15, 0.2) is 28.6 Å².